The summed E-state index contributed by atoms with van der Waals surface area (Å²) >= 11 is 0. The first-order valence-electron chi connectivity index (χ1n) is 11.7. The van der Waals surface area contributed by atoms with Gasteiger partial charge in [0, 0.05) is 12.7 Å². The fourth-order valence-corrected chi connectivity index (χ4v) is 5.37. The van der Waals surface area contributed by atoms with Crippen molar-refractivity contribution in [1.82, 2.24) is 14.5 Å². The third-order valence-electron chi connectivity index (χ3n) is 6.82. The molecule has 1 aliphatic heterocycles. The van der Waals surface area contributed by atoms with Crippen molar-refractivity contribution in [3.8, 4) is 0 Å². The van der Waals surface area contributed by atoms with E-state index in [-0.39, 0.29) is 0 Å². The Morgan fingerprint density at radius 1 is 0.812 bits per heavy atom. The molecule has 1 saturated heterocycles. The van der Waals surface area contributed by atoms with E-state index in [1.165, 1.54) is 41.8 Å². The minimum Gasteiger partial charge on any atom is -0.319 e. The van der Waals surface area contributed by atoms with Crippen molar-refractivity contribution in [2.75, 3.05) is 20.1 Å². The number of hydrogen-bond acceptors (Lipinski definition) is 2. The zero-order valence-electron chi connectivity index (χ0n) is 18.8. The summed E-state index contributed by atoms with van der Waals surface area (Å²) in [6.45, 7) is 2.37. The van der Waals surface area contributed by atoms with Crippen LogP contribution in [0.15, 0.2) is 104 Å². The maximum atomic E-state index is 4.92. The summed E-state index contributed by atoms with van der Waals surface area (Å²) in [4.78, 5) is 7.37. The predicted molar refractivity (Wildman–Crippen MR) is 131 cm³/mol. The predicted octanol–water partition coefficient (Wildman–Crippen LogP) is 5.61. The summed E-state index contributed by atoms with van der Waals surface area (Å²) in [6, 6.07) is 32.4. The fourth-order valence-electron chi connectivity index (χ4n) is 5.37. The lowest BCUT2D eigenvalue weighted by molar-refractivity contribution is 0.208. The van der Waals surface area contributed by atoms with Crippen LogP contribution in [0.4, 0.5) is 0 Å². The van der Waals surface area contributed by atoms with Gasteiger partial charge in [-0.3, -0.25) is 0 Å². The number of likely N-dealkylation sites (tertiary alicyclic amines) is 1. The van der Waals surface area contributed by atoms with Crippen molar-refractivity contribution in [2.45, 2.75) is 24.8 Å². The molecule has 1 aromatic heterocycles. The van der Waals surface area contributed by atoms with E-state index in [0.717, 1.165) is 13.0 Å². The van der Waals surface area contributed by atoms with Crippen molar-refractivity contribution < 1.29 is 0 Å². The smallest absolute Gasteiger partial charge is 0.121 e. The van der Waals surface area contributed by atoms with E-state index in [1.807, 2.05) is 6.33 Å². The molecule has 1 atom stereocenters. The summed E-state index contributed by atoms with van der Waals surface area (Å²) in [5.74, 6) is 0.677. The molecule has 3 heteroatoms. The molecule has 5 rings (SSSR count). The van der Waals surface area contributed by atoms with Gasteiger partial charge in [0.05, 0.1) is 12.0 Å². The molecule has 0 spiro atoms. The van der Waals surface area contributed by atoms with Gasteiger partial charge in [0.2, 0.25) is 0 Å². The molecule has 4 aromatic rings. The molecule has 2 heterocycles. The average molecular weight is 422 g/mol. The number of piperidine rings is 1. The second kappa shape index (κ2) is 9.13. The fraction of sp³-hybridized carbons (Fsp3) is 0.276. The number of aromatic nitrogens is 2. The third kappa shape index (κ3) is 3.89. The quantitative estimate of drug-likeness (QED) is 0.378. The molecule has 162 valence electrons. The van der Waals surface area contributed by atoms with Gasteiger partial charge >= 0.3 is 0 Å². The summed E-state index contributed by atoms with van der Waals surface area (Å²) in [5, 5.41) is 0. The van der Waals surface area contributed by atoms with Gasteiger partial charge in [-0.1, -0.05) is 91.0 Å². The van der Waals surface area contributed by atoms with Crippen LogP contribution in [0.2, 0.25) is 0 Å². The second-order valence-corrected chi connectivity index (χ2v) is 9.06. The van der Waals surface area contributed by atoms with Crippen LogP contribution in [0, 0.1) is 5.92 Å². The Kier molecular flexibility index (Phi) is 5.91. The Bertz CT molecular complexity index is 1020. The Hall–Kier alpha value is -3.17. The zero-order chi connectivity index (χ0) is 21.8. The number of rotatable bonds is 6. The van der Waals surface area contributed by atoms with E-state index in [1.54, 1.807) is 0 Å². The number of benzene rings is 3. The molecule has 32 heavy (non-hydrogen) atoms. The van der Waals surface area contributed by atoms with Crippen LogP contribution in [0.3, 0.4) is 0 Å². The lowest BCUT2D eigenvalue weighted by Crippen LogP contribution is -2.37. The Balaban J connectivity index is 1.65. The van der Waals surface area contributed by atoms with Gasteiger partial charge in [-0.15, -0.1) is 0 Å². The molecule has 0 aliphatic carbocycles. The van der Waals surface area contributed by atoms with Crippen LogP contribution >= 0.6 is 0 Å². The van der Waals surface area contributed by atoms with Gasteiger partial charge in [0.1, 0.15) is 5.54 Å². The molecule has 3 nitrogen and oxygen atoms in total. The summed E-state index contributed by atoms with van der Waals surface area (Å²) in [6.07, 6.45) is 7.92. The SMILES string of the molecule is CN1CCCC(Cc2cn(C(c3ccccc3)(c3ccccc3)c3ccccc3)cn2)C1. The molecular weight excluding hydrogens is 390 g/mol. The molecule has 0 bridgehead atoms. The van der Waals surface area contributed by atoms with Crippen LogP contribution < -0.4 is 0 Å². The molecule has 0 radical (unpaired) electrons. The standard InChI is InChI=1S/C29H31N3/c1-31-19-11-12-24(21-31)20-28-22-32(23-30-28)29(25-13-5-2-6-14-25,26-15-7-3-8-16-26)27-17-9-4-10-18-27/h2-10,13-18,22-24H,11-12,19-21H2,1H3. The number of imidazole rings is 1. The van der Waals surface area contributed by atoms with Gasteiger partial charge in [-0.05, 0) is 55.5 Å². The molecular formula is C29H31N3. The van der Waals surface area contributed by atoms with Gasteiger partial charge in [0.15, 0.2) is 0 Å². The molecule has 0 saturated carbocycles. The number of hydrogen-bond donors (Lipinski definition) is 0. The molecule has 1 aliphatic rings. The average Bonchev–Trinajstić information content (AvgIpc) is 3.30. The van der Waals surface area contributed by atoms with Crippen molar-refractivity contribution in [2.24, 2.45) is 5.92 Å². The first kappa shape index (κ1) is 20.7. The minimum atomic E-state index is -0.474. The van der Waals surface area contributed by atoms with Gasteiger partial charge in [-0.2, -0.15) is 0 Å². The van der Waals surface area contributed by atoms with Crippen LogP contribution in [0.5, 0.6) is 0 Å². The van der Waals surface area contributed by atoms with E-state index in [2.05, 4.69) is 114 Å². The van der Waals surface area contributed by atoms with E-state index in [4.69, 9.17) is 4.98 Å². The Morgan fingerprint density at radius 2 is 1.34 bits per heavy atom. The minimum absolute atomic E-state index is 0.474. The molecule has 1 fully saturated rings. The Morgan fingerprint density at radius 3 is 1.84 bits per heavy atom. The van der Waals surface area contributed by atoms with E-state index in [9.17, 15) is 0 Å². The summed E-state index contributed by atoms with van der Waals surface area (Å²) < 4.78 is 2.33. The molecule has 1 unspecified atom stereocenters. The summed E-state index contributed by atoms with van der Waals surface area (Å²) in [5.41, 5.74) is 4.41. The maximum Gasteiger partial charge on any atom is 0.121 e. The van der Waals surface area contributed by atoms with Crippen LogP contribution in [0.25, 0.3) is 0 Å². The van der Waals surface area contributed by atoms with Crippen LogP contribution in [-0.2, 0) is 12.0 Å². The van der Waals surface area contributed by atoms with Gasteiger partial charge < -0.3 is 9.47 Å². The van der Waals surface area contributed by atoms with Crippen molar-refractivity contribution in [1.29, 1.82) is 0 Å². The largest absolute Gasteiger partial charge is 0.319 e. The normalized spacial score (nSPS) is 17.3. The lowest BCUT2D eigenvalue weighted by Gasteiger charge is -2.37. The van der Waals surface area contributed by atoms with E-state index in [0.29, 0.717) is 5.92 Å². The van der Waals surface area contributed by atoms with Crippen LogP contribution in [-0.4, -0.2) is 34.6 Å². The highest BCUT2D eigenvalue weighted by atomic mass is 15.1. The van der Waals surface area contributed by atoms with Crippen molar-refractivity contribution >= 4 is 0 Å². The molecule has 3 aromatic carbocycles. The highest BCUT2D eigenvalue weighted by Crippen LogP contribution is 2.40. The molecule has 0 amide bonds. The first-order chi connectivity index (χ1) is 15.8. The van der Waals surface area contributed by atoms with Gasteiger partial charge in [-0.25, -0.2) is 4.98 Å². The summed E-state index contributed by atoms with van der Waals surface area (Å²) in [7, 11) is 2.23. The van der Waals surface area contributed by atoms with Crippen LogP contribution in [0.1, 0.15) is 35.2 Å². The monoisotopic (exact) mass is 421 g/mol. The van der Waals surface area contributed by atoms with Crippen molar-refractivity contribution in [3.63, 3.8) is 0 Å². The first-order valence-corrected chi connectivity index (χ1v) is 11.7. The maximum absolute atomic E-state index is 4.92. The molecule has 0 N–H and O–H groups in total. The van der Waals surface area contributed by atoms with Gasteiger partial charge in [0.25, 0.3) is 0 Å². The lowest BCUT2D eigenvalue weighted by atomic mass is 9.76. The highest BCUT2D eigenvalue weighted by molar-refractivity contribution is 5.50. The van der Waals surface area contributed by atoms with E-state index >= 15 is 0 Å². The van der Waals surface area contributed by atoms with Crippen molar-refractivity contribution in [3.05, 3.63) is 126 Å². The topological polar surface area (TPSA) is 21.1 Å². The van der Waals surface area contributed by atoms with E-state index < -0.39 is 5.54 Å². The number of nitrogens with zero attached hydrogens (tertiary/aromatic N) is 3. The Labute approximate surface area is 191 Å². The third-order valence-corrected chi connectivity index (χ3v) is 6.82. The highest BCUT2D eigenvalue weighted by Gasteiger charge is 2.38. The zero-order valence-corrected chi connectivity index (χ0v) is 18.8. The second-order valence-electron chi connectivity index (χ2n) is 9.06.